The van der Waals surface area contributed by atoms with Gasteiger partial charge in [-0.3, -0.25) is 14.4 Å². The Morgan fingerprint density at radius 3 is 2.37 bits per heavy atom. The number of rotatable bonds is 12. The Hall–Kier alpha value is -2.53. The molecule has 0 aliphatic carbocycles. The van der Waals surface area contributed by atoms with Crippen molar-refractivity contribution >= 4 is 41.5 Å². The van der Waals surface area contributed by atoms with E-state index in [1.165, 1.54) is 4.90 Å². The molecule has 11 heteroatoms. The third-order valence-electron chi connectivity index (χ3n) is 7.42. The van der Waals surface area contributed by atoms with Crippen LogP contribution in [0, 0.1) is 12.3 Å². The Bertz CT molecular complexity index is 1150. The number of carbonyl (C=O) groups excluding carboxylic acids is 3. The number of hydrogen-bond acceptors (Lipinski definition) is 7. The molecule has 2 aromatic rings. The van der Waals surface area contributed by atoms with Crippen molar-refractivity contribution < 1.29 is 19.5 Å². The Morgan fingerprint density at radius 2 is 1.78 bits per heavy atom. The topological polar surface area (TPSA) is 138 Å². The van der Waals surface area contributed by atoms with Gasteiger partial charge in [0.15, 0.2) is 0 Å². The lowest BCUT2D eigenvalue weighted by Crippen LogP contribution is -2.57. The summed E-state index contributed by atoms with van der Waals surface area (Å²) in [7, 11) is 0. The number of aryl methyl sites for hydroxylation is 1. The van der Waals surface area contributed by atoms with Gasteiger partial charge in [-0.15, -0.1) is 23.7 Å². The summed E-state index contributed by atoms with van der Waals surface area (Å²) in [5.74, 6) is -0.858. The van der Waals surface area contributed by atoms with Gasteiger partial charge in [-0.2, -0.15) is 0 Å². The van der Waals surface area contributed by atoms with Gasteiger partial charge < -0.3 is 26.4 Å². The molecule has 0 bridgehead atoms. The van der Waals surface area contributed by atoms with Crippen molar-refractivity contribution in [2.75, 3.05) is 13.1 Å². The van der Waals surface area contributed by atoms with Gasteiger partial charge >= 0.3 is 0 Å². The van der Waals surface area contributed by atoms with Gasteiger partial charge in [0.1, 0.15) is 12.1 Å². The lowest BCUT2D eigenvalue weighted by atomic mass is 9.85. The Morgan fingerprint density at radius 1 is 1.12 bits per heavy atom. The summed E-state index contributed by atoms with van der Waals surface area (Å²) in [6.45, 7) is 10.2. The second kappa shape index (κ2) is 15.6. The van der Waals surface area contributed by atoms with Crippen LogP contribution in [0.5, 0.6) is 0 Å². The molecule has 1 saturated heterocycles. The van der Waals surface area contributed by atoms with Crippen LogP contribution in [0.2, 0.25) is 0 Å². The predicted octanol–water partition coefficient (Wildman–Crippen LogP) is 4.12. The fraction of sp³-hybridized carbons (Fsp3) is 0.600. The summed E-state index contributed by atoms with van der Waals surface area (Å²) in [5.41, 5.74) is 9.77. The van der Waals surface area contributed by atoms with Gasteiger partial charge in [-0.1, -0.05) is 57.9 Å². The van der Waals surface area contributed by atoms with E-state index >= 15 is 0 Å². The number of nitrogens with zero attached hydrogens (tertiary/aromatic N) is 2. The molecule has 1 aliphatic heterocycles. The average Bonchev–Trinajstić information content (AvgIpc) is 3.51. The standard InChI is InChI=1S/C30H45N5O4S.ClH/c1-19(21-11-13-22(14-12-21)26-20(2)32-18-40-26)33-28(38)24-16-23(36)17-35(24)29(39)27(30(3,4)5)34-25(37)10-8-6-7-9-15-31;/h11-14,18-19,23-24,27,36H,6-10,15-17,31H2,1-5H3,(H,33,38)(H,34,37);1H/t19-,23+,24-,27?;/m0./s1. The van der Waals surface area contributed by atoms with Crippen molar-refractivity contribution in [3.63, 3.8) is 0 Å². The Labute approximate surface area is 254 Å². The molecule has 3 amide bonds. The van der Waals surface area contributed by atoms with Crippen molar-refractivity contribution in [2.24, 2.45) is 11.1 Å². The minimum Gasteiger partial charge on any atom is -0.391 e. The number of β-amino-alcohol motifs (C(OH)–C–C–N with tert-alkyl or cyclic N) is 1. The highest BCUT2D eigenvalue weighted by Crippen LogP contribution is 2.29. The van der Waals surface area contributed by atoms with E-state index in [4.69, 9.17) is 5.73 Å². The second-order valence-corrected chi connectivity index (χ2v) is 12.7. The number of hydrogen-bond donors (Lipinski definition) is 4. The number of likely N-dealkylation sites (tertiary alicyclic amines) is 1. The molecule has 41 heavy (non-hydrogen) atoms. The van der Waals surface area contributed by atoms with Crippen LogP contribution in [0.4, 0.5) is 0 Å². The van der Waals surface area contributed by atoms with Crippen LogP contribution < -0.4 is 16.4 Å². The molecule has 0 spiro atoms. The van der Waals surface area contributed by atoms with Crippen LogP contribution in [0.3, 0.4) is 0 Å². The number of unbranched alkanes of at least 4 members (excludes halogenated alkanes) is 3. The predicted molar refractivity (Wildman–Crippen MR) is 166 cm³/mol. The smallest absolute Gasteiger partial charge is 0.246 e. The highest BCUT2D eigenvalue weighted by Gasteiger charge is 2.44. The van der Waals surface area contributed by atoms with E-state index in [0.29, 0.717) is 13.0 Å². The molecule has 1 aromatic carbocycles. The molecule has 228 valence electrons. The summed E-state index contributed by atoms with van der Waals surface area (Å²) in [6, 6.07) is 6.06. The van der Waals surface area contributed by atoms with Crippen molar-refractivity contribution in [3.05, 3.63) is 41.0 Å². The molecular formula is C30H46ClN5O4S. The van der Waals surface area contributed by atoms with E-state index in [2.05, 4.69) is 15.6 Å². The lowest BCUT2D eigenvalue weighted by molar-refractivity contribution is -0.144. The van der Waals surface area contributed by atoms with E-state index in [1.807, 2.05) is 64.4 Å². The molecule has 2 heterocycles. The van der Waals surface area contributed by atoms with Gasteiger partial charge in [0.2, 0.25) is 17.7 Å². The van der Waals surface area contributed by atoms with Crippen molar-refractivity contribution in [2.45, 2.75) is 97.4 Å². The summed E-state index contributed by atoms with van der Waals surface area (Å²) in [4.78, 5) is 46.7. The molecule has 1 aromatic heterocycles. The van der Waals surface area contributed by atoms with Gasteiger partial charge in [0.05, 0.1) is 28.2 Å². The summed E-state index contributed by atoms with van der Waals surface area (Å²) in [6.07, 6.45) is 3.22. The number of benzene rings is 1. The number of aromatic nitrogens is 1. The minimum absolute atomic E-state index is 0. The third-order valence-corrected chi connectivity index (χ3v) is 8.40. The Balaban J connectivity index is 0.00000588. The third kappa shape index (κ3) is 9.49. The number of thiazole rings is 1. The zero-order valence-electron chi connectivity index (χ0n) is 24.8. The monoisotopic (exact) mass is 607 g/mol. The van der Waals surface area contributed by atoms with Crippen molar-refractivity contribution in [1.29, 1.82) is 0 Å². The molecule has 1 aliphatic rings. The van der Waals surface area contributed by atoms with Gasteiger partial charge in [-0.05, 0) is 49.8 Å². The first-order valence-corrected chi connectivity index (χ1v) is 15.1. The number of nitrogens with one attached hydrogen (secondary N) is 2. The maximum Gasteiger partial charge on any atom is 0.246 e. The molecule has 5 N–H and O–H groups in total. The maximum atomic E-state index is 13.7. The lowest BCUT2D eigenvalue weighted by Gasteiger charge is -2.35. The fourth-order valence-corrected chi connectivity index (χ4v) is 5.84. The number of carbonyl (C=O) groups is 3. The van der Waals surface area contributed by atoms with E-state index in [-0.39, 0.29) is 49.1 Å². The minimum atomic E-state index is -0.818. The van der Waals surface area contributed by atoms with Gasteiger partial charge in [0.25, 0.3) is 0 Å². The maximum absolute atomic E-state index is 13.7. The van der Waals surface area contributed by atoms with Crippen LogP contribution in [0.1, 0.15) is 83.5 Å². The molecular weight excluding hydrogens is 562 g/mol. The number of aliphatic hydroxyl groups excluding tert-OH is 1. The largest absolute Gasteiger partial charge is 0.391 e. The zero-order valence-corrected chi connectivity index (χ0v) is 26.4. The molecule has 1 unspecified atom stereocenters. The number of amides is 3. The molecule has 1 fully saturated rings. The first kappa shape index (κ1) is 34.7. The summed E-state index contributed by atoms with van der Waals surface area (Å²) in [5, 5.41) is 16.4. The normalized spacial score (nSPS) is 18.4. The molecule has 0 radical (unpaired) electrons. The van der Waals surface area contributed by atoms with Gasteiger partial charge in [-0.25, -0.2) is 4.98 Å². The van der Waals surface area contributed by atoms with E-state index in [9.17, 15) is 19.5 Å². The summed E-state index contributed by atoms with van der Waals surface area (Å²) >= 11 is 1.59. The van der Waals surface area contributed by atoms with E-state index in [1.54, 1.807) is 11.3 Å². The highest BCUT2D eigenvalue weighted by molar-refractivity contribution is 7.13. The van der Waals surface area contributed by atoms with Crippen LogP contribution in [0.15, 0.2) is 29.8 Å². The van der Waals surface area contributed by atoms with Crippen LogP contribution in [0.25, 0.3) is 10.4 Å². The highest BCUT2D eigenvalue weighted by atomic mass is 35.5. The van der Waals surface area contributed by atoms with Crippen LogP contribution in [-0.4, -0.2) is 64.0 Å². The first-order chi connectivity index (χ1) is 18.9. The van der Waals surface area contributed by atoms with E-state index < -0.39 is 23.6 Å². The van der Waals surface area contributed by atoms with Crippen LogP contribution in [-0.2, 0) is 14.4 Å². The van der Waals surface area contributed by atoms with E-state index in [0.717, 1.165) is 47.4 Å². The summed E-state index contributed by atoms with van der Waals surface area (Å²) < 4.78 is 0. The second-order valence-electron chi connectivity index (χ2n) is 11.8. The fourth-order valence-electron chi connectivity index (χ4n) is 5.03. The van der Waals surface area contributed by atoms with Crippen molar-refractivity contribution in [1.82, 2.24) is 20.5 Å². The molecule has 9 nitrogen and oxygen atoms in total. The van der Waals surface area contributed by atoms with Crippen molar-refractivity contribution in [3.8, 4) is 10.4 Å². The number of nitrogens with two attached hydrogens (primary N) is 1. The molecule has 4 atom stereocenters. The molecule has 0 saturated carbocycles. The SMILES string of the molecule is Cc1ncsc1-c1ccc([C@H](C)NC(=O)[C@@H]2C[C@@H](O)CN2C(=O)C(NC(=O)CCCCCCN)C(C)(C)C)cc1.Cl. The quantitative estimate of drug-likeness (QED) is 0.268. The number of aliphatic hydroxyl groups is 1. The molecule has 3 rings (SSSR count). The Kier molecular flexibility index (Phi) is 13.2. The first-order valence-electron chi connectivity index (χ1n) is 14.2. The zero-order chi connectivity index (χ0) is 29.4. The number of halogens is 1. The average molecular weight is 608 g/mol. The van der Waals surface area contributed by atoms with Crippen LogP contribution >= 0.6 is 23.7 Å². The van der Waals surface area contributed by atoms with Gasteiger partial charge in [0, 0.05) is 19.4 Å².